The average Bonchev–Trinajstić information content (AvgIpc) is 2.93. The first-order valence-electron chi connectivity index (χ1n) is 6.98. The first-order valence-corrected chi connectivity index (χ1v) is 9.45. The zero-order valence-electron chi connectivity index (χ0n) is 12.0. The van der Waals surface area contributed by atoms with Crippen molar-refractivity contribution < 1.29 is 13.2 Å². The number of sulfone groups is 1. The molecule has 7 heteroatoms. The van der Waals surface area contributed by atoms with Crippen LogP contribution in [0.15, 0.2) is 10.5 Å². The van der Waals surface area contributed by atoms with Gasteiger partial charge in [-0.05, 0) is 6.42 Å². The SMILES string of the molecule is CCCCCCCNC(=O)c1cnc(S(=O)(=O)CC)s1. The monoisotopic (exact) mass is 318 g/mol. The highest BCUT2D eigenvalue weighted by Gasteiger charge is 2.18. The lowest BCUT2D eigenvalue weighted by Gasteiger charge is -2.02. The molecular weight excluding hydrogens is 296 g/mol. The van der Waals surface area contributed by atoms with Crippen LogP contribution in [0, 0.1) is 0 Å². The minimum absolute atomic E-state index is 0.000991. The molecule has 0 spiro atoms. The molecule has 0 bridgehead atoms. The van der Waals surface area contributed by atoms with Gasteiger partial charge < -0.3 is 5.32 Å². The van der Waals surface area contributed by atoms with Gasteiger partial charge in [0.15, 0.2) is 0 Å². The summed E-state index contributed by atoms with van der Waals surface area (Å²) >= 11 is 0.933. The molecular formula is C13H22N2O3S2. The number of hydrogen-bond acceptors (Lipinski definition) is 5. The van der Waals surface area contributed by atoms with Gasteiger partial charge in [-0.1, -0.05) is 50.9 Å². The fourth-order valence-electron chi connectivity index (χ4n) is 1.65. The van der Waals surface area contributed by atoms with Crippen LogP contribution in [-0.2, 0) is 9.84 Å². The molecule has 5 nitrogen and oxygen atoms in total. The number of amides is 1. The number of rotatable bonds is 9. The van der Waals surface area contributed by atoms with Crippen LogP contribution >= 0.6 is 11.3 Å². The van der Waals surface area contributed by atoms with E-state index in [4.69, 9.17) is 0 Å². The van der Waals surface area contributed by atoms with Crippen molar-refractivity contribution in [1.82, 2.24) is 10.3 Å². The number of aromatic nitrogens is 1. The van der Waals surface area contributed by atoms with E-state index in [-0.39, 0.29) is 16.0 Å². The smallest absolute Gasteiger partial charge is 0.263 e. The highest BCUT2D eigenvalue weighted by molar-refractivity contribution is 7.93. The largest absolute Gasteiger partial charge is 0.351 e. The first-order chi connectivity index (χ1) is 9.51. The van der Waals surface area contributed by atoms with Crippen LogP contribution in [0.25, 0.3) is 0 Å². The quantitative estimate of drug-likeness (QED) is 0.710. The highest BCUT2D eigenvalue weighted by Crippen LogP contribution is 2.19. The van der Waals surface area contributed by atoms with Crippen molar-refractivity contribution >= 4 is 27.1 Å². The van der Waals surface area contributed by atoms with Crippen molar-refractivity contribution in [3.8, 4) is 0 Å². The second-order valence-electron chi connectivity index (χ2n) is 4.56. The van der Waals surface area contributed by atoms with Crippen molar-refractivity contribution in [2.24, 2.45) is 0 Å². The summed E-state index contributed by atoms with van der Waals surface area (Å²) in [5, 5.41) is 2.80. The first kappa shape index (κ1) is 17.1. The number of nitrogens with one attached hydrogen (secondary N) is 1. The molecule has 1 rings (SSSR count). The van der Waals surface area contributed by atoms with Crippen molar-refractivity contribution in [2.45, 2.75) is 50.3 Å². The topological polar surface area (TPSA) is 76.1 Å². The third kappa shape index (κ3) is 5.20. The predicted molar refractivity (Wildman–Crippen MR) is 80.9 cm³/mol. The van der Waals surface area contributed by atoms with E-state index in [1.807, 2.05) is 0 Å². The molecule has 114 valence electrons. The maximum absolute atomic E-state index is 11.8. The average molecular weight is 318 g/mol. The molecule has 1 aromatic heterocycles. The summed E-state index contributed by atoms with van der Waals surface area (Å²) in [6.45, 7) is 4.34. The summed E-state index contributed by atoms with van der Waals surface area (Å²) in [7, 11) is -3.32. The van der Waals surface area contributed by atoms with Gasteiger partial charge in [-0.2, -0.15) is 0 Å². The van der Waals surface area contributed by atoms with Gasteiger partial charge in [0.2, 0.25) is 14.2 Å². The minimum Gasteiger partial charge on any atom is -0.351 e. The van der Waals surface area contributed by atoms with E-state index >= 15 is 0 Å². The van der Waals surface area contributed by atoms with Gasteiger partial charge in [-0.25, -0.2) is 13.4 Å². The van der Waals surface area contributed by atoms with Crippen molar-refractivity contribution in [2.75, 3.05) is 12.3 Å². The molecule has 1 amide bonds. The molecule has 0 saturated carbocycles. The van der Waals surface area contributed by atoms with Gasteiger partial charge in [0.1, 0.15) is 4.88 Å². The second kappa shape index (κ2) is 8.36. The Balaban J connectivity index is 2.41. The molecule has 0 unspecified atom stereocenters. The van der Waals surface area contributed by atoms with E-state index in [0.717, 1.165) is 24.2 Å². The molecule has 1 aromatic rings. The van der Waals surface area contributed by atoms with E-state index in [0.29, 0.717) is 11.4 Å². The fourth-order valence-corrected chi connectivity index (χ4v) is 3.80. The summed E-state index contributed by atoms with van der Waals surface area (Å²) in [6, 6.07) is 0. The molecule has 0 atom stereocenters. The Labute approximate surface area is 124 Å². The van der Waals surface area contributed by atoms with Gasteiger partial charge in [-0.15, -0.1) is 0 Å². The molecule has 0 radical (unpaired) electrons. The number of hydrogen-bond donors (Lipinski definition) is 1. The van der Waals surface area contributed by atoms with E-state index in [9.17, 15) is 13.2 Å². The Hall–Kier alpha value is -0.950. The maximum Gasteiger partial charge on any atom is 0.263 e. The van der Waals surface area contributed by atoms with Gasteiger partial charge in [0, 0.05) is 6.54 Å². The molecule has 0 aliphatic heterocycles. The van der Waals surface area contributed by atoms with Gasteiger partial charge in [0.05, 0.1) is 11.9 Å². The summed E-state index contributed by atoms with van der Waals surface area (Å²) in [5.41, 5.74) is 0. The second-order valence-corrected chi connectivity index (χ2v) is 8.05. The predicted octanol–water partition coefficient (Wildman–Crippen LogP) is 2.64. The Morgan fingerprint density at radius 3 is 2.60 bits per heavy atom. The fraction of sp³-hybridized carbons (Fsp3) is 0.692. The Kier molecular flexibility index (Phi) is 7.15. The molecule has 0 fully saturated rings. The van der Waals surface area contributed by atoms with E-state index in [1.54, 1.807) is 6.92 Å². The molecule has 0 aromatic carbocycles. The van der Waals surface area contributed by atoms with Crippen LogP contribution in [-0.4, -0.2) is 31.6 Å². The number of thiazole rings is 1. The van der Waals surface area contributed by atoms with Crippen LogP contribution in [0.1, 0.15) is 55.6 Å². The molecule has 20 heavy (non-hydrogen) atoms. The third-order valence-electron chi connectivity index (χ3n) is 2.92. The van der Waals surface area contributed by atoms with Crippen LogP contribution in [0.4, 0.5) is 0 Å². The molecule has 0 aliphatic rings. The lowest BCUT2D eigenvalue weighted by molar-refractivity contribution is 0.0956. The van der Waals surface area contributed by atoms with E-state index < -0.39 is 9.84 Å². The summed E-state index contributed by atoms with van der Waals surface area (Å²) in [6.07, 6.45) is 6.99. The summed E-state index contributed by atoms with van der Waals surface area (Å²) in [5.74, 6) is -0.241. The normalized spacial score (nSPS) is 11.5. The van der Waals surface area contributed by atoms with Gasteiger partial charge in [-0.3, -0.25) is 4.79 Å². The Morgan fingerprint density at radius 1 is 1.25 bits per heavy atom. The van der Waals surface area contributed by atoms with Crippen LogP contribution in [0.3, 0.4) is 0 Å². The summed E-state index contributed by atoms with van der Waals surface area (Å²) < 4.78 is 23.2. The summed E-state index contributed by atoms with van der Waals surface area (Å²) in [4.78, 5) is 16.0. The third-order valence-corrected chi connectivity index (χ3v) is 6.12. The van der Waals surface area contributed by atoms with Crippen molar-refractivity contribution in [1.29, 1.82) is 0 Å². The van der Waals surface area contributed by atoms with E-state index in [1.165, 1.54) is 25.5 Å². The standard InChI is InChI=1S/C13H22N2O3S2/c1-3-5-6-7-8-9-14-12(16)11-10-15-13(19-11)20(17,18)4-2/h10H,3-9H2,1-2H3,(H,14,16). The zero-order chi connectivity index (χ0) is 15.0. The zero-order valence-corrected chi connectivity index (χ0v) is 13.6. The number of carbonyl (C=O) groups is 1. The van der Waals surface area contributed by atoms with Gasteiger partial charge >= 0.3 is 0 Å². The van der Waals surface area contributed by atoms with Crippen LogP contribution in [0.5, 0.6) is 0 Å². The number of carbonyl (C=O) groups excluding carboxylic acids is 1. The van der Waals surface area contributed by atoms with Crippen LogP contribution < -0.4 is 5.32 Å². The maximum atomic E-state index is 11.8. The molecule has 1 N–H and O–H groups in total. The number of unbranched alkanes of at least 4 members (excludes halogenated alkanes) is 4. The number of nitrogens with zero attached hydrogens (tertiary/aromatic N) is 1. The lowest BCUT2D eigenvalue weighted by Crippen LogP contribution is -2.23. The molecule has 0 aliphatic carbocycles. The Bertz CT molecular complexity index is 523. The van der Waals surface area contributed by atoms with Crippen molar-refractivity contribution in [3.63, 3.8) is 0 Å². The van der Waals surface area contributed by atoms with E-state index in [2.05, 4.69) is 17.2 Å². The minimum atomic E-state index is -3.32. The molecule has 1 heterocycles. The lowest BCUT2D eigenvalue weighted by atomic mass is 10.1. The van der Waals surface area contributed by atoms with Crippen LogP contribution in [0.2, 0.25) is 0 Å². The highest BCUT2D eigenvalue weighted by atomic mass is 32.2. The van der Waals surface area contributed by atoms with Gasteiger partial charge in [0.25, 0.3) is 5.91 Å². The van der Waals surface area contributed by atoms with Crippen molar-refractivity contribution in [3.05, 3.63) is 11.1 Å². The molecule has 0 saturated heterocycles. The Morgan fingerprint density at radius 2 is 1.95 bits per heavy atom.